The number of aliphatic hydroxyl groups excluding tert-OH is 1. The SMILES string of the molecule is O=C(O)CCN1C(=O)/C(=C/c2cnc(CO)s2)SC1=S. The largest absolute Gasteiger partial charge is 0.481 e. The van der Waals surface area contributed by atoms with Crippen LogP contribution in [0, 0.1) is 0 Å². The number of carboxylic acid groups (broad SMARTS) is 1. The van der Waals surface area contributed by atoms with Crippen LogP contribution in [0.15, 0.2) is 11.1 Å². The highest BCUT2D eigenvalue weighted by Crippen LogP contribution is 2.33. The first-order valence-corrected chi connectivity index (χ1v) is 7.58. The van der Waals surface area contributed by atoms with Crippen molar-refractivity contribution in [1.29, 1.82) is 0 Å². The van der Waals surface area contributed by atoms with E-state index in [4.69, 9.17) is 22.4 Å². The number of aliphatic hydroxyl groups is 1. The molecule has 2 heterocycles. The number of carbonyl (C=O) groups excluding carboxylic acids is 1. The van der Waals surface area contributed by atoms with E-state index in [1.54, 1.807) is 12.3 Å². The summed E-state index contributed by atoms with van der Waals surface area (Å²) in [6.07, 6.45) is 3.08. The van der Waals surface area contributed by atoms with E-state index >= 15 is 0 Å². The average Bonchev–Trinajstić information content (AvgIpc) is 2.94. The Bertz CT molecular complexity index is 596. The standard InChI is InChI=1S/C11H10N2O4S3/c14-5-8-12-4-6(19-8)3-7-10(17)13(11(18)20-7)2-1-9(15)16/h3-4,14H,1-2,5H2,(H,15,16)/b7-3-. The van der Waals surface area contributed by atoms with E-state index in [-0.39, 0.29) is 25.5 Å². The third kappa shape index (κ3) is 3.42. The van der Waals surface area contributed by atoms with E-state index in [1.165, 1.54) is 16.2 Å². The molecule has 1 aliphatic rings. The van der Waals surface area contributed by atoms with Gasteiger partial charge in [0.05, 0.1) is 17.9 Å². The molecule has 0 bridgehead atoms. The highest BCUT2D eigenvalue weighted by molar-refractivity contribution is 8.26. The monoisotopic (exact) mass is 330 g/mol. The van der Waals surface area contributed by atoms with E-state index < -0.39 is 5.97 Å². The normalized spacial score (nSPS) is 17.2. The molecule has 1 aliphatic heterocycles. The molecule has 2 rings (SSSR count). The summed E-state index contributed by atoms with van der Waals surface area (Å²) in [5.74, 6) is -1.27. The Morgan fingerprint density at radius 2 is 2.30 bits per heavy atom. The molecule has 6 nitrogen and oxygen atoms in total. The molecule has 20 heavy (non-hydrogen) atoms. The number of rotatable bonds is 5. The quantitative estimate of drug-likeness (QED) is 0.621. The second-order valence-corrected chi connectivity index (χ2v) is 6.61. The number of aromatic nitrogens is 1. The van der Waals surface area contributed by atoms with Crippen LogP contribution in [0.1, 0.15) is 16.3 Å². The first-order valence-electron chi connectivity index (χ1n) is 5.54. The van der Waals surface area contributed by atoms with Crippen molar-refractivity contribution in [2.75, 3.05) is 6.54 Å². The first kappa shape index (κ1) is 15.1. The topological polar surface area (TPSA) is 90.7 Å². The fourth-order valence-electron chi connectivity index (χ4n) is 1.49. The number of thiocarbonyl (C=S) groups is 1. The van der Waals surface area contributed by atoms with Crippen LogP contribution in [0.25, 0.3) is 6.08 Å². The molecule has 1 saturated heterocycles. The maximum Gasteiger partial charge on any atom is 0.305 e. The lowest BCUT2D eigenvalue weighted by Crippen LogP contribution is -2.30. The molecule has 1 aromatic heterocycles. The molecule has 9 heteroatoms. The zero-order chi connectivity index (χ0) is 14.7. The van der Waals surface area contributed by atoms with E-state index in [9.17, 15) is 9.59 Å². The summed E-state index contributed by atoms with van der Waals surface area (Å²) in [6, 6.07) is 0. The van der Waals surface area contributed by atoms with Crippen molar-refractivity contribution in [3.8, 4) is 0 Å². The van der Waals surface area contributed by atoms with Gasteiger partial charge in [0, 0.05) is 17.6 Å². The molecule has 0 aliphatic carbocycles. The fraction of sp³-hybridized carbons (Fsp3) is 0.273. The van der Waals surface area contributed by atoms with Gasteiger partial charge in [0.15, 0.2) is 0 Å². The summed E-state index contributed by atoms with van der Waals surface area (Å²) < 4.78 is 0.356. The number of amides is 1. The maximum atomic E-state index is 12.1. The van der Waals surface area contributed by atoms with Gasteiger partial charge in [-0.05, 0) is 6.08 Å². The Kier molecular flexibility index (Phi) is 4.86. The van der Waals surface area contributed by atoms with Crippen molar-refractivity contribution < 1.29 is 19.8 Å². The number of thioether (sulfide) groups is 1. The summed E-state index contributed by atoms with van der Waals surface area (Å²) >= 11 is 7.49. The van der Waals surface area contributed by atoms with Crippen molar-refractivity contribution >= 4 is 57.6 Å². The molecule has 0 spiro atoms. The van der Waals surface area contributed by atoms with Gasteiger partial charge in [-0.25, -0.2) is 4.98 Å². The lowest BCUT2D eigenvalue weighted by Gasteiger charge is -2.12. The number of hydrogen-bond acceptors (Lipinski definition) is 7. The van der Waals surface area contributed by atoms with Crippen LogP contribution in [0.5, 0.6) is 0 Å². The molecule has 0 unspecified atom stereocenters. The Morgan fingerprint density at radius 1 is 1.55 bits per heavy atom. The molecule has 0 radical (unpaired) electrons. The van der Waals surface area contributed by atoms with Crippen LogP contribution in [0.2, 0.25) is 0 Å². The first-order chi connectivity index (χ1) is 9.51. The third-order valence-corrected chi connectivity index (χ3v) is 4.71. The van der Waals surface area contributed by atoms with Crippen LogP contribution in [-0.4, -0.2) is 42.8 Å². The smallest absolute Gasteiger partial charge is 0.305 e. The zero-order valence-electron chi connectivity index (χ0n) is 10.1. The van der Waals surface area contributed by atoms with Crippen LogP contribution in [-0.2, 0) is 16.2 Å². The van der Waals surface area contributed by atoms with Gasteiger partial charge in [-0.15, -0.1) is 11.3 Å². The molecule has 0 aromatic carbocycles. The molecular formula is C11H10N2O4S3. The number of nitrogens with zero attached hydrogens (tertiary/aromatic N) is 2. The molecule has 0 atom stereocenters. The summed E-state index contributed by atoms with van der Waals surface area (Å²) in [4.78, 5) is 29.1. The van der Waals surface area contributed by atoms with Crippen LogP contribution in [0.3, 0.4) is 0 Å². The lowest BCUT2D eigenvalue weighted by atomic mass is 10.3. The van der Waals surface area contributed by atoms with Gasteiger partial charge in [0.25, 0.3) is 5.91 Å². The fourth-order valence-corrected chi connectivity index (χ4v) is 3.59. The zero-order valence-corrected chi connectivity index (χ0v) is 12.6. The summed E-state index contributed by atoms with van der Waals surface area (Å²) in [7, 11) is 0. The number of hydrogen-bond donors (Lipinski definition) is 2. The van der Waals surface area contributed by atoms with Crippen LogP contribution >= 0.6 is 35.3 Å². The van der Waals surface area contributed by atoms with E-state index in [0.717, 1.165) is 16.6 Å². The van der Waals surface area contributed by atoms with Crippen LogP contribution in [0.4, 0.5) is 0 Å². The summed E-state index contributed by atoms with van der Waals surface area (Å²) in [5, 5.41) is 18.2. The van der Waals surface area contributed by atoms with Gasteiger partial charge in [-0.3, -0.25) is 14.5 Å². The molecule has 1 fully saturated rings. The molecule has 0 saturated carbocycles. The van der Waals surface area contributed by atoms with E-state index in [0.29, 0.717) is 14.2 Å². The minimum atomic E-state index is -0.974. The predicted molar refractivity (Wildman–Crippen MR) is 80.2 cm³/mol. The van der Waals surface area contributed by atoms with Gasteiger partial charge < -0.3 is 10.2 Å². The average molecular weight is 330 g/mol. The van der Waals surface area contributed by atoms with Crippen LogP contribution < -0.4 is 0 Å². The highest BCUT2D eigenvalue weighted by atomic mass is 32.2. The summed E-state index contributed by atoms with van der Waals surface area (Å²) in [5.41, 5.74) is 0. The number of aliphatic carboxylic acids is 1. The Hall–Kier alpha value is -1.29. The van der Waals surface area contributed by atoms with Crippen molar-refractivity contribution in [3.63, 3.8) is 0 Å². The van der Waals surface area contributed by atoms with Crippen molar-refractivity contribution in [2.24, 2.45) is 0 Å². The second kappa shape index (κ2) is 6.44. The van der Waals surface area contributed by atoms with Gasteiger partial charge >= 0.3 is 5.97 Å². The number of carboxylic acids is 1. The van der Waals surface area contributed by atoms with E-state index in [1.807, 2.05) is 0 Å². The predicted octanol–water partition coefficient (Wildman–Crippen LogP) is 1.31. The van der Waals surface area contributed by atoms with Gasteiger partial charge in [0.1, 0.15) is 9.33 Å². The molecule has 106 valence electrons. The Balaban J connectivity index is 2.12. The minimum absolute atomic E-state index is 0.0713. The third-order valence-electron chi connectivity index (χ3n) is 2.40. The second-order valence-electron chi connectivity index (χ2n) is 3.79. The molecule has 1 aromatic rings. The van der Waals surface area contributed by atoms with Crippen molar-refractivity contribution in [1.82, 2.24) is 9.88 Å². The molecule has 1 amide bonds. The number of carbonyl (C=O) groups is 2. The van der Waals surface area contributed by atoms with Gasteiger partial charge in [-0.1, -0.05) is 24.0 Å². The van der Waals surface area contributed by atoms with Gasteiger partial charge in [-0.2, -0.15) is 0 Å². The maximum absolute atomic E-state index is 12.1. The van der Waals surface area contributed by atoms with Gasteiger partial charge in [0.2, 0.25) is 0 Å². The molecule has 2 N–H and O–H groups in total. The number of thiazole rings is 1. The molecular weight excluding hydrogens is 320 g/mol. The lowest BCUT2D eigenvalue weighted by molar-refractivity contribution is -0.137. The van der Waals surface area contributed by atoms with Crippen molar-refractivity contribution in [2.45, 2.75) is 13.0 Å². The van der Waals surface area contributed by atoms with Crippen molar-refractivity contribution in [3.05, 3.63) is 21.0 Å². The Morgan fingerprint density at radius 3 is 2.90 bits per heavy atom. The highest BCUT2D eigenvalue weighted by Gasteiger charge is 2.32. The minimum Gasteiger partial charge on any atom is -0.481 e. The van der Waals surface area contributed by atoms with E-state index in [2.05, 4.69) is 4.98 Å². The summed E-state index contributed by atoms with van der Waals surface area (Å²) in [6.45, 7) is -0.0694. The Labute approximate surface area is 128 Å².